The molecule has 2 amide bonds. The number of nitro benzene ring substituents is 2. The highest BCUT2D eigenvalue weighted by Gasteiger charge is 2.35. The third kappa shape index (κ3) is 3.54. The van der Waals surface area contributed by atoms with Crippen molar-refractivity contribution in [2.75, 3.05) is 0 Å². The Kier molecular flexibility index (Phi) is 5.05. The number of fused-ring (bicyclic) bond motifs is 2. The predicted octanol–water partition coefficient (Wildman–Crippen LogP) is 3.82. The second-order valence-electron chi connectivity index (χ2n) is 8.28. The summed E-state index contributed by atoms with van der Waals surface area (Å²) in [5.74, 6) is -0.768. The highest BCUT2D eigenvalue weighted by Crippen LogP contribution is 2.33. The van der Waals surface area contributed by atoms with Crippen LogP contribution in [0.25, 0.3) is 0 Å². The van der Waals surface area contributed by atoms with Crippen molar-refractivity contribution in [3.05, 3.63) is 114 Å². The molecular weight excluding hydrogens is 440 g/mol. The van der Waals surface area contributed by atoms with Crippen LogP contribution in [0.15, 0.2) is 60.7 Å². The van der Waals surface area contributed by atoms with Gasteiger partial charge in [0.05, 0.1) is 9.85 Å². The number of nitrogens with zero attached hydrogens (tertiary/aromatic N) is 4. The summed E-state index contributed by atoms with van der Waals surface area (Å²) in [5.41, 5.74) is 2.75. The van der Waals surface area contributed by atoms with E-state index in [9.17, 15) is 29.8 Å². The Hall–Kier alpha value is -4.60. The maximum Gasteiger partial charge on any atom is 0.282 e. The number of amides is 2. The van der Waals surface area contributed by atoms with E-state index in [4.69, 9.17) is 0 Å². The molecule has 3 aromatic rings. The van der Waals surface area contributed by atoms with Crippen LogP contribution in [-0.4, -0.2) is 31.5 Å². The van der Waals surface area contributed by atoms with Crippen LogP contribution in [0.5, 0.6) is 0 Å². The van der Waals surface area contributed by atoms with E-state index in [1.807, 2.05) is 24.3 Å². The van der Waals surface area contributed by atoms with E-state index in [2.05, 4.69) is 0 Å². The molecule has 3 aromatic carbocycles. The van der Waals surface area contributed by atoms with Crippen molar-refractivity contribution in [3.8, 4) is 0 Å². The van der Waals surface area contributed by atoms with Gasteiger partial charge in [-0.1, -0.05) is 48.5 Å². The van der Waals surface area contributed by atoms with Crippen LogP contribution in [0.3, 0.4) is 0 Å². The van der Waals surface area contributed by atoms with Crippen molar-refractivity contribution in [1.82, 2.24) is 9.80 Å². The molecule has 0 N–H and O–H groups in total. The smallest absolute Gasteiger partial charge is 0.282 e. The molecule has 0 fully saturated rings. The standard InChI is InChI=1S/C24H18N4O6/c29-23-21-17(6-2-8-19(21)27(31)32)13-25(23)11-15-4-1-5-16(10-15)12-26-14-18-7-3-9-20(28(33)34)22(18)24(26)30/h1-10H,11-14H2. The molecule has 2 heterocycles. The average molecular weight is 458 g/mol. The first-order valence-corrected chi connectivity index (χ1v) is 10.5. The van der Waals surface area contributed by atoms with Gasteiger partial charge in [-0.2, -0.15) is 0 Å². The number of hydrogen-bond donors (Lipinski definition) is 0. The fourth-order valence-electron chi connectivity index (χ4n) is 4.63. The number of carbonyl (C=O) groups is 2. The van der Waals surface area contributed by atoms with Crippen LogP contribution in [0.1, 0.15) is 43.0 Å². The average Bonchev–Trinajstić information content (AvgIpc) is 3.30. The van der Waals surface area contributed by atoms with Gasteiger partial charge in [0.2, 0.25) is 0 Å². The molecule has 0 unspecified atom stereocenters. The molecule has 0 saturated carbocycles. The van der Waals surface area contributed by atoms with E-state index in [1.165, 1.54) is 12.1 Å². The third-order valence-corrected chi connectivity index (χ3v) is 6.11. The predicted molar refractivity (Wildman–Crippen MR) is 120 cm³/mol. The lowest BCUT2D eigenvalue weighted by molar-refractivity contribution is -0.385. The molecule has 2 aliphatic rings. The highest BCUT2D eigenvalue weighted by molar-refractivity contribution is 6.02. The largest absolute Gasteiger partial charge is 0.330 e. The van der Waals surface area contributed by atoms with Crippen LogP contribution in [0.2, 0.25) is 0 Å². The Balaban J connectivity index is 1.33. The Morgan fingerprint density at radius 2 is 1.09 bits per heavy atom. The summed E-state index contributed by atoms with van der Waals surface area (Å²) < 4.78 is 0. The molecule has 0 aromatic heterocycles. The molecule has 0 bridgehead atoms. The van der Waals surface area contributed by atoms with Crippen molar-refractivity contribution in [1.29, 1.82) is 0 Å². The lowest BCUT2D eigenvalue weighted by Gasteiger charge is -2.18. The maximum atomic E-state index is 12.9. The van der Waals surface area contributed by atoms with Crippen LogP contribution in [0, 0.1) is 20.2 Å². The van der Waals surface area contributed by atoms with Gasteiger partial charge in [-0.3, -0.25) is 29.8 Å². The van der Waals surface area contributed by atoms with E-state index < -0.39 is 9.85 Å². The van der Waals surface area contributed by atoms with Crippen LogP contribution < -0.4 is 0 Å². The molecular formula is C24H18N4O6. The molecule has 170 valence electrons. The number of rotatable bonds is 6. The van der Waals surface area contributed by atoms with Gasteiger partial charge in [0.1, 0.15) is 11.1 Å². The number of benzene rings is 3. The van der Waals surface area contributed by atoms with E-state index in [-0.39, 0.29) is 60.5 Å². The fraction of sp³-hybridized carbons (Fsp3) is 0.167. The first-order valence-electron chi connectivity index (χ1n) is 10.5. The summed E-state index contributed by atoms with van der Waals surface area (Å²) in [6.07, 6.45) is 0. The van der Waals surface area contributed by atoms with E-state index in [1.54, 1.807) is 34.1 Å². The summed E-state index contributed by atoms with van der Waals surface area (Å²) >= 11 is 0. The highest BCUT2D eigenvalue weighted by atomic mass is 16.6. The van der Waals surface area contributed by atoms with Crippen LogP contribution in [-0.2, 0) is 26.2 Å². The van der Waals surface area contributed by atoms with E-state index in [0.29, 0.717) is 11.1 Å². The van der Waals surface area contributed by atoms with Crippen molar-refractivity contribution in [2.45, 2.75) is 26.2 Å². The Labute approximate surface area is 193 Å². The number of nitro groups is 2. The summed E-state index contributed by atoms with van der Waals surface area (Å²) in [7, 11) is 0. The molecule has 10 heteroatoms. The summed E-state index contributed by atoms with van der Waals surface area (Å²) in [6.45, 7) is 1.09. The lowest BCUT2D eigenvalue weighted by atomic mass is 10.1. The third-order valence-electron chi connectivity index (χ3n) is 6.11. The molecule has 34 heavy (non-hydrogen) atoms. The lowest BCUT2D eigenvalue weighted by Crippen LogP contribution is -2.25. The topological polar surface area (TPSA) is 127 Å². The van der Waals surface area contributed by atoms with E-state index >= 15 is 0 Å². The van der Waals surface area contributed by atoms with Crippen LogP contribution in [0.4, 0.5) is 11.4 Å². The van der Waals surface area contributed by atoms with Gasteiger partial charge >= 0.3 is 0 Å². The van der Waals surface area contributed by atoms with Gasteiger partial charge in [0.15, 0.2) is 0 Å². The number of hydrogen-bond acceptors (Lipinski definition) is 6. The Morgan fingerprint density at radius 3 is 1.50 bits per heavy atom. The Morgan fingerprint density at radius 1 is 0.676 bits per heavy atom. The molecule has 2 aliphatic heterocycles. The van der Waals surface area contributed by atoms with Gasteiger partial charge in [0.25, 0.3) is 23.2 Å². The zero-order valence-electron chi connectivity index (χ0n) is 17.8. The van der Waals surface area contributed by atoms with Gasteiger partial charge in [-0.15, -0.1) is 0 Å². The first kappa shape index (κ1) is 21.3. The minimum Gasteiger partial charge on any atom is -0.330 e. The molecule has 0 saturated heterocycles. The quantitative estimate of drug-likeness (QED) is 0.408. The summed E-state index contributed by atoms with van der Waals surface area (Å²) in [4.78, 5) is 50.4. The first-order chi connectivity index (χ1) is 16.3. The van der Waals surface area contributed by atoms with Gasteiger partial charge in [-0.05, 0) is 22.3 Å². The van der Waals surface area contributed by atoms with Crippen molar-refractivity contribution in [2.24, 2.45) is 0 Å². The normalized spacial score (nSPS) is 14.4. The minimum absolute atomic E-state index is 0.130. The zero-order valence-corrected chi connectivity index (χ0v) is 17.8. The van der Waals surface area contributed by atoms with Crippen LogP contribution >= 0.6 is 0 Å². The zero-order chi connectivity index (χ0) is 24.0. The van der Waals surface area contributed by atoms with Crippen molar-refractivity contribution < 1.29 is 19.4 Å². The number of carbonyl (C=O) groups excluding carboxylic acids is 2. The van der Waals surface area contributed by atoms with Crippen molar-refractivity contribution >= 4 is 23.2 Å². The molecule has 0 radical (unpaired) electrons. The molecule has 0 spiro atoms. The summed E-state index contributed by atoms with van der Waals surface area (Å²) in [6, 6.07) is 16.6. The summed E-state index contributed by atoms with van der Waals surface area (Å²) in [5, 5.41) is 22.6. The van der Waals surface area contributed by atoms with Gasteiger partial charge in [-0.25, -0.2) is 0 Å². The van der Waals surface area contributed by atoms with Gasteiger partial charge < -0.3 is 9.80 Å². The molecule has 0 atom stereocenters. The monoisotopic (exact) mass is 458 g/mol. The maximum absolute atomic E-state index is 12.9. The molecule has 5 rings (SSSR count). The Bertz CT molecular complexity index is 1280. The second kappa shape index (κ2) is 8.07. The van der Waals surface area contributed by atoms with E-state index in [0.717, 1.165) is 11.1 Å². The molecule has 0 aliphatic carbocycles. The van der Waals surface area contributed by atoms with Crippen molar-refractivity contribution in [3.63, 3.8) is 0 Å². The second-order valence-corrected chi connectivity index (χ2v) is 8.28. The fourth-order valence-corrected chi connectivity index (χ4v) is 4.63. The SMILES string of the molecule is O=C1c2c(cccc2[N+](=O)[O-])CN1Cc1cccc(CN2Cc3cccc([N+](=O)[O-])c3C2=O)c1. The van der Waals surface area contributed by atoms with Gasteiger partial charge in [0, 0.05) is 38.3 Å². The minimum atomic E-state index is -0.545. The molecule has 10 nitrogen and oxygen atoms in total.